The molecule has 0 aromatic heterocycles. The third kappa shape index (κ3) is 3.51. The molecule has 60 valence electrons. The van der Waals surface area contributed by atoms with Crippen molar-refractivity contribution in [3.05, 3.63) is 11.8 Å². The van der Waals surface area contributed by atoms with Gasteiger partial charge in [0.1, 0.15) is 0 Å². The first-order chi connectivity index (χ1) is 4.52. The van der Waals surface area contributed by atoms with Gasteiger partial charge >= 0.3 is 0 Å². The molecule has 2 nitrogen and oxygen atoms in total. The molecular formula is C8H18N2. The van der Waals surface area contributed by atoms with E-state index in [1.165, 1.54) is 0 Å². The first-order valence-corrected chi connectivity index (χ1v) is 3.69. The van der Waals surface area contributed by atoms with E-state index in [0.29, 0.717) is 6.54 Å². The summed E-state index contributed by atoms with van der Waals surface area (Å²) >= 11 is 0. The summed E-state index contributed by atoms with van der Waals surface area (Å²) in [6, 6.07) is 0. The lowest BCUT2D eigenvalue weighted by atomic mass is 9.92. The minimum atomic E-state index is 0.0556. The molecule has 10 heavy (non-hydrogen) atoms. The van der Waals surface area contributed by atoms with Crippen LogP contribution in [0.1, 0.15) is 27.2 Å². The van der Waals surface area contributed by atoms with Crippen molar-refractivity contribution in [1.82, 2.24) is 0 Å². The Bertz CT molecular complexity index is 125. The zero-order valence-electron chi connectivity index (χ0n) is 7.15. The standard InChI is InChI=1S/C8H18N2/c1-4-7(10)5-8(2,3)6-9/h5H,4,6,9-10H2,1-3H3/b7-5+. The summed E-state index contributed by atoms with van der Waals surface area (Å²) in [6.45, 7) is 6.84. The van der Waals surface area contributed by atoms with Crippen molar-refractivity contribution in [1.29, 1.82) is 0 Å². The van der Waals surface area contributed by atoms with Gasteiger partial charge in [-0.2, -0.15) is 0 Å². The minimum absolute atomic E-state index is 0.0556. The molecule has 0 rings (SSSR count). The molecule has 0 unspecified atom stereocenters. The van der Waals surface area contributed by atoms with Crippen molar-refractivity contribution in [2.45, 2.75) is 27.2 Å². The Morgan fingerprint density at radius 2 is 2.00 bits per heavy atom. The first kappa shape index (κ1) is 9.50. The molecule has 0 fully saturated rings. The molecule has 0 aliphatic carbocycles. The second-order valence-corrected chi connectivity index (χ2v) is 3.27. The fourth-order valence-corrected chi connectivity index (χ4v) is 0.663. The van der Waals surface area contributed by atoms with E-state index in [9.17, 15) is 0 Å². The van der Waals surface area contributed by atoms with E-state index >= 15 is 0 Å². The van der Waals surface area contributed by atoms with Gasteiger partial charge in [0.25, 0.3) is 0 Å². The molecule has 0 saturated carbocycles. The van der Waals surface area contributed by atoms with Gasteiger partial charge in [0.2, 0.25) is 0 Å². The van der Waals surface area contributed by atoms with Gasteiger partial charge in [-0.25, -0.2) is 0 Å². The van der Waals surface area contributed by atoms with Crippen LogP contribution in [0.25, 0.3) is 0 Å². The molecular weight excluding hydrogens is 124 g/mol. The highest BCUT2D eigenvalue weighted by Gasteiger charge is 2.11. The molecule has 0 aliphatic heterocycles. The molecule has 0 amide bonds. The van der Waals surface area contributed by atoms with Crippen LogP contribution in [0, 0.1) is 5.41 Å². The molecule has 0 aromatic rings. The number of hydrogen-bond acceptors (Lipinski definition) is 2. The molecule has 0 spiro atoms. The average Bonchev–Trinajstić information content (AvgIpc) is 1.87. The van der Waals surface area contributed by atoms with Crippen LogP contribution in [-0.4, -0.2) is 6.54 Å². The highest BCUT2D eigenvalue weighted by molar-refractivity contribution is 5.03. The Kier molecular flexibility index (Phi) is 3.43. The summed E-state index contributed by atoms with van der Waals surface area (Å²) in [4.78, 5) is 0. The van der Waals surface area contributed by atoms with E-state index in [4.69, 9.17) is 11.5 Å². The largest absolute Gasteiger partial charge is 0.402 e. The summed E-state index contributed by atoms with van der Waals surface area (Å²) in [5.74, 6) is 0. The van der Waals surface area contributed by atoms with Crippen molar-refractivity contribution in [2.24, 2.45) is 16.9 Å². The normalized spacial score (nSPS) is 13.8. The van der Waals surface area contributed by atoms with Crippen molar-refractivity contribution < 1.29 is 0 Å². The lowest BCUT2D eigenvalue weighted by Crippen LogP contribution is -2.22. The molecule has 0 aromatic carbocycles. The number of nitrogens with two attached hydrogens (primary N) is 2. The number of rotatable bonds is 3. The fraction of sp³-hybridized carbons (Fsp3) is 0.750. The van der Waals surface area contributed by atoms with Crippen molar-refractivity contribution in [3.63, 3.8) is 0 Å². The molecule has 0 bridgehead atoms. The molecule has 0 saturated heterocycles. The second-order valence-electron chi connectivity index (χ2n) is 3.27. The minimum Gasteiger partial charge on any atom is -0.402 e. The lowest BCUT2D eigenvalue weighted by Gasteiger charge is -2.17. The Morgan fingerprint density at radius 3 is 2.30 bits per heavy atom. The van der Waals surface area contributed by atoms with Gasteiger partial charge in [0, 0.05) is 12.2 Å². The van der Waals surface area contributed by atoms with Crippen molar-refractivity contribution >= 4 is 0 Å². The Hall–Kier alpha value is -0.500. The third-order valence-electron chi connectivity index (χ3n) is 1.51. The molecule has 0 atom stereocenters. The first-order valence-electron chi connectivity index (χ1n) is 3.69. The van der Waals surface area contributed by atoms with Gasteiger partial charge in [-0.15, -0.1) is 0 Å². The van der Waals surface area contributed by atoms with E-state index in [0.717, 1.165) is 12.1 Å². The fourth-order valence-electron chi connectivity index (χ4n) is 0.663. The molecule has 0 aliphatic rings. The van der Waals surface area contributed by atoms with Gasteiger partial charge in [-0.3, -0.25) is 0 Å². The van der Waals surface area contributed by atoms with Gasteiger partial charge in [-0.05, 0) is 11.8 Å². The summed E-state index contributed by atoms with van der Waals surface area (Å²) in [5.41, 5.74) is 12.1. The highest BCUT2D eigenvalue weighted by Crippen LogP contribution is 2.16. The van der Waals surface area contributed by atoms with Crippen LogP contribution in [-0.2, 0) is 0 Å². The van der Waals surface area contributed by atoms with Gasteiger partial charge in [0.15, 0.2) is 0 Å². The van der Waals surface area contributed by atoms with Crippen molar-refractivity contribution in [3.8, 4) is 0 Å². The van der Waals surface area contributed by atoms with Crippen LogP contribution >= 0.6 is 0 Å². The maximum absolute atomic E-state index is 5.64. The lowest BCUT2D eigenvalue weighted by molar-refractivity contribution is 0.490. The van der Waals surface area contributed by atoms with Crippen LogP contribution in [0.5, 0.6) is 0 Å². The Labute approximate surface area is 63.3 Å². The predicted octanol–water partition coefficient (Wildman–Crippen LogP) is 1.22. The van der Waals surface area contributed by atoms with Crippen molar-refractivity contribution in [2.75, 3.05) is 6.54 Å². The van der Waals surface area contributed by atoms with Crippen LogP contribution < -0.4 is 11.5 Å². The number of hydrogen-bond donors (Lipinski definition) is 2. The average molecular weight is 142 g/mol. The zero-order valence-corrected chi connectivity index (χ0v) is 7.15. The maximum Gasteiger partial charge on any atom is 0.00431 e. The number of allylic oxidation sites excluding steroid dienone is 1. The highest BCUT2D eigenvalue weighted by atomic mass is 14.6. The predicted molar refractivity (Wildman–Crippen MR) is 45.4 cm³/mol. The topological polar surface area (TPSA) is 52.0 Å². The maximum atomic E-state index is 5.64. The molecule has 0 radical (unpaired) electrons. The second kappa shape index (κ2) is 3.62. The van der Waals surface area contributed by atoms with E-state index in [2.05, 4.69) is 13.8 Å². The van der Waals surface area contributed by atoms with E-state index in [1.807, 2.05) is 13.0 Å². The van der Waals surface area contributed by atoms with Gasteiger partial charge < -0.3 is 11.5 Å². The third-order valence-corrected chi connectivity index (χ3v) is 1.51. The van der Waals surface area contributed by atoms with E-state index in [1.54, 1.807) is 0 Å². The monoisotopic (exact) mass is 142 g/mol. The molecule has 4 N–H and O–H groups in total. The molecule has 2 heteroatoms. The summed E-state index contributed by atoms with van der Waals surface area (Å²) in [5, 5.41) is 0. The van der Waals surface area contributed by atoms with Gasteiger partial charge in [0.05, 0.1) is 0 Å². The van der Waals surface area contributed by atoms with Crippen LogP contribution in [0.15, 0.2) is 11.8 Å². The smallest absolute Gasteiger partial charge is 0.00431 e. The quantitative estimate of drug-likeness (QED) is 0.622. The van der Waals surface area contributed by atoms with E-state index in [-0.39, 0.29) is 5.41 Å². The summed E-state index contributed by atoms with van der Waals surface area (Å²) in [6.07, 6.45) is 2.94. The summed E-state index contributed by atoms with van der Waals surface area (Å²) in [7, 11) is 0. The zero-order chi connectivity index (χ0) is 8.20. The molecule has 0 heterocycles. The van der Waals surface area contributed by atoms with Crippen LogP contribution in [0.4, 0.5) is 0 Å². The Morgan fingerprint density at radius 1 is 1.50 bits per heavy atom. The Balaban J connectivity index is 4.09. The van der Waals surface area contributed by atoms with E-state index < -0.39 is 0 Å². The van der Waals surface area contributed by atoms with Gasteiger partial charge in [-0.1, -0.05) is 26.8 Å². The van der Waals surface area contributed by atoms with Crippen LogP contribution in [0.2, 0.25) is 0 Å². The SMILES string of the molecule is CC/C(N)=C\C(C)(C)CN. The van der Waals surface area contributed by atoms with Crippen LogP contribution in [0.3, 0.4) is 0 Å². The summed E-state index contributed by atoms with van der Waals surface area (Å²) < 4.78 is 0.